The van der Waals surface area contributed by atoms with Crippen LogP contribution in [0.2, 0.25) is 0 Å². The maximum absolute atomic E-state index is 15.5. The zero-order valence-electron chi connectivity index (χ0n) is 24.9. The molecule has 5 rings (SSSR count). The lowest BCUT2D eigenvalue weighted by Crippen LogP contribution is -2.29. The third-order valence-corrected chi connectivity index (χ3v) is 7.81. The Morgan fingerprint density at radius 1 is 1.26 bits per heavy atom. The summed E-state index contributed by atoms with van der Waals surface area (Å²) in [4.78, 5) is 30.4. The van der Waals surface area contributed by atoms with Crippen LogP contribution in [0.5, 0.6) is 5.75 Å². The molecule has 0 saturated carbocycles. The van der Waals surface area contributed by atoms with Gasteiger partial charge in [-0.05, 0) is 84.3 Å². The second kappa shape index (κ2) is 12.0. The van der Waals surface area contributed by atoms with Crippen molar-refractivity contribution < 1.29 is 33.3 Å². The highest BCUT2D eigenvalue weighted by atomic mass is 19.1. The predicted molar refractivity (Wildman–Crippen MR) is 153 cm³/mol. The second-order valence-electron chi connectivity index (χ2n) is 12.1. The molecule has 226 valence electrons. The van der Waals surface area contributed by atoms with E-state index in [0.29, 0.717) is 48.1 Å². The summed E-state index contributed by atoms with van der Waals surface area (Å²) < 4.78 is 34.0. The van der Waals surface area contributed by atoms with Crippen LogP contribution in [0.25, 0.3) is 16.9 Å². The molecular weight excluding hydrogens is 543 g/mol. The van der Waals surface area contributed by atoms with E-state index in [1.54, 1.807) is 33.8 Å². The Morgan fingerprint density at radius 3 is 2.74 bits per heavy atom. The maximum atomic E-state index is 15.5. The van der Waals surface area contributed by atoms with Crippen molar-refractivity contribution in [1.29, 1.82) is 0 Å². The standard InChI is InChI=1S/C31H39FN4O6/c1-17-20-9-7-12-41-27(20)22(32)14-21(17)26-25(28(30(38)39)42-31(3,4)5)18(2)34-24-15-23(35-36(24)26)29(37)33-11-6-8-19-10-13-40-16-19/h14-15,19,28H,6-13,16H2,1-5H3,(H,33,37)(H,38,39). The van der Waals surface area contributed by atoms with Gasteiger partial charge in [0.05, 0.1) is 17.9 Å². The van der Waals surface area contributed by atoms with Crippen molar-refractivity contribution in [3.63, 3.8) is 0 Å². The third kappa shape index (κ3) is 6.12. The van der Waals surface area contributed by atoms with Gasteiger partial charge in [-0.2, -0.15) is 5.10 Å². The number of rotatable bonds is 9. The smallest absolute Gasteiger partial charge is 0.337 e. The average Bonchev–Trinajstić information content (AvgIpc) is 3.61. The molecular formula is C31H39FN4O6. The zero-order chi connectivity index (χ0) is 30.2. The minimum Gasteiger partial charge on any atom is -0.490 e. The molecule has 0 bridgehead atoms. The molecule has 2 unspecified atom stereocenters. The van der Waals surface area contributed by atoms with Crippen molar-refractivity contribution in [2.24, 2.45) is 5.92 Å². The summed E-state index contributed by atoms with van der Waals surface area (Å²) in [7, 11) is 0. The first-order valence-corrected chi connectivity index (χ1v) is 14.6. The molecule has 0 aliphatic carbocycles. The molecule has 42 heavy (non-hydrogen) atoms. The van der Waals surface area contributed by atoms with E-state index >= 15 is 4.39 Å². The largest absolute Gasteiger partial charge is 0.490 e. The lowest BCUT2D eigenvalue weighted by atomic mass is 9.91. The zero-order valence-corrected chi connectivity index (χ0v) is 24.9. The number of benzene rings is 1. The monoisotopic (exact) mass is 582 g/mol. The number of carboxylic acid groups (broad SMARTS) is 1. The number of aryl methyl sites for hydroxylation is 1. The first-order valence-electron chi connectivity index (χ1n) is 14.6. The summed E-state index contributed by atoms with van der Waals surface area (Å²) in [5, 5.41) is 17.8. The van der Waals surface area contributed by atoms with Gasteiger partial charge in [0.25, 0.3) is 5.91 Å². The van der Waals surface area contributed by atoms with Crippen molar-refractivity contribution >= 4 is 17.5 Å². The number of hydrogen-bond donors (Lipinski definition) is 2. The lowest BCUT2D eigenvalue weighted by molar-refractivity contribution is -0.160. The molecule has 10 nitrogen and oxygen atoms in total. The lowest BCUT2D eigenvalue weighted by Gasteiger charge is -2.28. The third-order valence-electron chi connectivity index (χ3n) is 7.81. The molecule has 1 saturated heterocycles. The van der Waals surface area contributed by atoms with Crippen molar-refractivity contribution in [2.75, 3.05) is 26.4 Å². The van der Waals surface area contributed by atoms with E-state index in [1.807, 2.05) is 6.92 Å². The summed E-state index contributed by atoms with van der Waals surface area (Å²) in [6.45, 7) is 11.3. The van der Waals surface area contributed by atoms with Gasteiger partial charge in [0.15, 0.2) is 29.0 Å². The summed E-state index contributed by atoms with van der Waals surface area (Å²) >= 11 is 0. The van der Waals surface area contributed by atoms with E-state index < -0.39 is 23.5 Å². The molecule has 0 radical (unpaired) electrons. The van der Waals surface area contributed by atoms with Crippen LogP contribution in [0.1, 0.15) is 85.4 Å². The number of nitrogens with one attached hydrogen (secondary N) is 1. The highest BCUT2D eigenvalue weighted by Crippen LogP contribution is 2.41. The minimum absolute atomic E-state index is 0.132. The summed E-state index contributed by atoms with van der Waals surface area (Å²) in [5.41, 5.74) is 2.53. The quantitative estimate of drug-likeness (QED) is 0.339. The number of halogens is 1. The highest BCUT2D eigenvalue weighted by Gasteiger charge is 2.35. The van der Waals surface area contributed by atoms with Gasteiger partial charge < -0.3 is 24.6 Å². The van der Waals surface area contributed by atoms with Gasteiger partial charge >= 0.3 is 5.97 Å². The minimum atomic E-state index is -1.42. The van der Waals surface area contributed by atoms with Crippen LogP contribution in [-0.4, -0.2) is 63.5 Å². The van der Waals surface area contributed by atoms with E-state index in [9.17, 15) is 14.7 Å². The Balaban J connectivity index is 1.61. The molecule has 2 aliphatic rings. The number of carbonyl (C=O) groups excluding carboxylic acids is 1. The van der Waals surface area contributed by atoms with Gasteiger partial charge in [-0.3, -0.25) is 4.79 Å². The van der Waals surface area contributed by atoms with Gasteiger partial charge in [-0.25, -0.2) is 18.7 Å². The average molecular weight is 583 g/mol. The van der Waals surface area contributed by atoms with Crippen molar-refractivity contribution in [2.45, 2.75) is 78.4 Å². The van der Waals surface area contributed by atoms with Crippen LogP contribution in [0.4, 0.5) is 4.39 Å². The van der Waals surface area contributed by atoms with Crippen molar-refractivity contribution in [1.82, 2.24) is 19.9 Å². The number of fused-ring (bicyclic) bond motifs is 2. The molecule has 2 aromatic heterocycles. The molecule has 1 amide bonds. The Bertz CT molecular complexity index is 1510. The maximum Gasteiger partial charge on any atom is 0.337 e. The molecule has 3 aromatic rings. The number of aliphatic carboxylic acids is 1. The van der Waals surface area contributed by atoms with Crippen molar-refractivity contribution in [3.05, 3.63) is 46.0 Å². The summed E-state index contributed by atoms with van der Waals surface area (Å²) in [6.07, 6.45) is 2.76. The molecule has 2 N–H and O–H groups in total. The summed E-state index contributed by atoms with van der Waals surface area (Å²) in [6, 6.07) is 2.91. The Morgan fingerprint density at radius 2 is 2.05 bits per heavy atom. The van der Waals surface area contributed by atoms with Gasteiger partial charge in [0, 0.05) is 48.2 Å². The topological polar surface area (TPSA) is 124 Å². The van der Waals surface area contributed by atoms with Gasteiger partial charge in [-0.1, -0.05) is 0 Å². The number of ether oxygens (including phenoxy) is 3. The molecule has 1 aromatic carbocycles. The normalized spacial score (nSPS) is 17.6. The fourth-order valence-corrected chi connectivity index (χ4v) is 5.80. The van der Waals surface area contributed by atoms with Crippen LogP contribution in [0.3, 0.4) is 0 Å². The van der Waals surface area contributed by atoms with Crippen LogP contribution < -0.4 is 10.1 Å². The first kappa shape index (κ1) is 29.9. The molecule has 2 aliphatic heterocycles. The second-order valence-corrected chi connectivity index (χ2v) is 12.1. The number of hydrogen-bond acceptors (Lipinski definition) is 7. The van der Waals surface area contributed by atoms with E-state index in [-0.39, 0.29) is 22.9 Å². The fraction of sp³-hybridized carbons (Fsp3) is 0.548. The van der Waals surface area contributed by atoms with Crippen LogP contribution in [-0.2, 0) is 20.7 Å². The number of carbonyl (C=O) groups is 2. The molecule has 11 heteroatoms. The summed E-state index contributed by atoms with van der Waals surface area (Å²) in [5.74, 6) is -1.38. The highest BCUT2D eigenvalue weighted by molar-refractivity contribution is 5.93. The number of carboxylic acids is 1. The van der Waals surface area contributed by atoms with E-state index in [0.717, 1.165) is 50.0 Å². The Kier molecular flexibility index (Phi) is 8.52. The fourth-order valence-electron chi connectivity index (χ4n) is 5.80. The number of nitrogens with zero attached hydrogens (tertiary/aromatic N) is 3. The van der Waals surface area contributed by atoms with E-state index in [4.69, 9.17) is 14.2 Å². The van der Waals surface area contributed by atoms with Crippen LogP contribution in [0, 0.1) is 25.6 Å². The predicted octanol–water partition coefficient (Wildman–Crippen LogP) is 4.96. The first-order chi connectivity index (χ1) is 19.9. The Labute approximate surface area is 244 Å². The van der Waals surface area contributed by atoms with E-state index in [1.165, 1.54) is 10.6 Å². The van der Waals surface area contributed by atoms with Crippen LogP contribution in [0.15, 0.2) is 12.1 Å². The molecule has 1 fully saturated rings. The Hall–Kier alpha value is -3.57. The van der Waals surface area contributed by atoms with Crippen molar-refractivity contribution in [3.8, 4) is 17.0 Å². The van der Waals surface area contributed by atoms with Crippen LogP contribution >= 0.6 is 0 Å². The number of aromatic nitrogens is 3. The van der Waals surface area contributed by atoms with Gasteiger partial charge in [0.2, 0.25) is 0 Å². The number of amides is 1. The molecule has 4 heterocycles. The van der Waals surface area contributed by atoms with E-state index in [2.05, 4.69) is 15.4 Å². The van der Waals surface area contributed by atoms with Gasteiger partial charge in [-0.15, -0.1) is 0 Å². The van der Waals surface area contributed by atoms with Gasteiger partial charge in [0.1, 0.15) is 0 Å². The molecule has 0 spiro atoms. The SMILES string of the molecule is Cc1nc2cc(C(=O)NCCCC3CCOC3)nn2c(-c2cc(F)c3c(c2C)CCCO3)c1C(OC(C)(C)C)C(=O)O. The molecule has 2 atom stereocenters.